The van der Waals surface area contributed by atoms with Gasteiger partial charge in [0.25, 0.3) is 0 Å². The lowest BCUT2D eigenvalue weighted by molar-refractivity contribution is 0.157. The molecule has 1 heterocycles. The Balaban J connectivity index is 2.16. The van der Waals surface area contributed by atoms with Crippen molar-refractivity contribution in [1.29, 1.82) is 0 Å². The molecule has 1 aromatic carbocycles. The lowest BCUT2D eigenvalue weighted by atomic mass is 10.2. The molecule has 0 bridgehead atoms. The molecule has 2 aromatic rings. The smallest absolute Gasteiger partial charge is 0.0950 e. The van der Waals surface area contributed by atoms with Crippen molar-refractivity contribution < 1.29 is 4.74 Å². The highest BCUT2D eigenvalue weighted by atomic mass is 79.9. The van der Waals surface area contributed by atoms with Crippen LogP contribution in [0.5, 0.6) is 0 Å². The first-order valence-electron chi connectivity index (χ1n) is 6.46. The summed E-state index contributed by atoms with van der Waals surface area (Å²) in [7, 11) is 0. The number of fused-ring (bicyclic) bond motifs is 1. The van der Waals surface area contributed by atoms with E-state index in [1.807, 2.05) is 24.4 Å². The number of likely N-dealkylation sites (N-methyl/N-ethyl adjacent to an activating group) is 1. The van der Waals surface area contributed by atoms with Gasteiger partial charge in [-0.25, -0.2) is 0 Å². The Bertz CT molecular complexity index is 516. The molecule has 0 atom stereocenters. The van der Waals surface area contributed by atoms with Crippen LogP contribution in [0.25, 0.3) is 10.9 Å². The molecule has 0 aliphatic heterocycles. The van der Waals surface area contributed by atoms with Crippen LogP contribution in [0.1, 0.15) is 6.92 Å². The zero-order valence-corrected chi connectivity index (χ0v) is 12.6. The Morgan fingerprint density at radius 1 is 1.26 bits per heavy atom. The summed E-state index contributed by atoms with van der Waals surface area (Å²) < 4.78 is 5.52. The van der Waals surface area contributed by atoms with E-state index in [4.69, 9.17) is 4.74 Å². The van der Waals surface area contributed by atoms with Crippen molar-refractivity contribution in [3.05, 3.63) is 30.5 Å². The van der Waals surface area contributed by atoms with E-state index in [0.717, 1.165) is 48.2 Å². The van der Waals surface area contributed by atoms with Crippen LogP contribution in [0.3, 0.4) is 0 Å². The number of anilines is 1. The summed E-state index contributed by atoms with van der Waals surface area (Å²) in [6, 6.07) is 8.08. The molecular weight excluding hydrogens is 306 g/mol. The second-order valence-corrected chi connectivity index (χ2v) is 4.92. The normalized spacial score (nSPS) is 10.8. The summed E-state index contributed by atoms with van der Waals surface area (Å²) in [5, 5.41) is 10.3. The standard InChI is InChI=1S/C14H18BrN3O/c1-2-18(8-10-19-9-7-15)14-11-16-17-13-6-4-3-5-12(13)14/h3-6,11H,2,7-10H2,1H3. The Morgan fingerprint density at radius 2 is 2.11 bits per heavy atom. The number of hydrogen-bond acceptors (Lipinski definition) is 4. The number of halogens is 1. The Kier molecular flexibility index (Phi) is 5.54. The average Bonchev–Trinajstić information content (AvgIpc) is 2.47. The van der Waals surface area contributed by atoms with Crippen LogP contribution in [-0.4, -0.2) is 41.8 Å². The molecule has 0 amide bonds. The zero-order chi connectivity index (χ0) is 13.5. The fourth-order valence-corrected chi connectivity index (χ4v) is 2.25. The second-order valence-electron chi connectivity index (χ2n) is 4.13. The minimum Gasteiger partial charge on any atom is -0.379 e. The first-order chi connectivity index (χ1) is 9.36. The van der Waals surface area contributed by atoms with Gasteiger partial charge in [0.15, 0.2) is 0 Å². The van der Waals surface area contributed by atoms with Gasteiger partial charge in [-0.05, 0) is 13.0 Å². The molecule has 2 rings (SSSR count). The van der Waals surface area contributed by atoms with Gasteiger partial charge in [0.1, 0.15) is 0 Å². The van der Waals surface area contributed by atoms with Gasteiger partial charge in [-0.3, -0.25) is 0 Å². The van der Waals surface area contributed by atoms with Crippen LogP contribution in [0.15, 0.2) is 30.5 Å². The summed E-state index contributed by atoms with van der Waals surface area (Å²) >= 11 is 3.35. The molecule has 5 heteroatoms. The van der Waals surface area contributed by atoms with E-state index in [9.17, 15) is 0 Å². The SMILES string of the molecule is CCN(CCOCCBr)c1cnnc2ccccc12. The molecule has 102 valence electrons. The van der Waals surface area contributed by atoms with Crippen LogP contribution in [0.2, 0.25) is 0 Å². The van der Waals surface area contributed by atoms with Crippen LogP contribution in [-0.2, 0) is 4.74 Å². The number of ether oxygens (including phenoxy) is 1. The molecular formula is C14H18BrN3O. The van der Waals surface area contributed by atoms with E-state index in [1.165, 1.54) is 0 Å². The van der Waals surface area contributed by atoms with Crippen LogP contribution < -0.4 is 4.90 Å². The number of hydrogen-bond donors (Lipinski definition) is 0. The molecule has 0 unspecified atom stereocenters. The molecule has 0 spiro atoms. The summed E-state index contributed by atoms with van der Waals surface area (Å²) in [4.78, 5) is 2.27. The number of alkyl halides is 1. The predicted molar refractivity (Wildman–Crippen MR) is 82.0 cm³/mol. The molecule has 0 radical (unpaired) electrons. The molecule has 0 aliphatic carbocycles. The fourth-order valence-electron chi connectivity index (χ4n) is 2.02. The van der Waals surface area contributed by atoms with Crippen molar-refractivity contribution in [2.24, 2.45) is 0 Å². The quantitative estimate of drug-likeness (QED) is 0.580. The molecule has 1 aromatic heterocycles. The zero-order valence-electron chi connectivity index (χ0n) is 11.1. The van der Waals surface area contributed by atoms with Gasteiger partial charge in [0, 0.05) is 23.8 Å². The van der Waals surface area contributed by atoms with E-state index in [1.54, 1.807) is 0 Å². The lowest BCUT2D eigenvalue weighted by Gasteiger charge is -2.23. The van der Waals surface area contributed by atoms with E-state index in [-0.39, 0.29) is 0 Å². The van der Waals surface area contributed by atoms with Gasteiger partial charge in [0.05, 0.1) is 30.6 Å². The summed E-state index contributed by atoms with van der Waals surface area (Å²) in [6.07, 6.45) is 1.83. The first kappa shape index (κ1) is 14.2. The van der Waals surface area contributed by atoms with Crippen LogP contribution >= 0.6 is 15.9 Å². The Morgan fingerprint density at radius 3 is 2.89 bits per heavy atom. The minimum atomic E-state index is 0.718. The largest absolute Gasteiger partial charge is 0.379 e. The molecule has 0 saturated carbocycles. The molecule has 0 saturated heterocycles. The van der Waals surface area contributed by atoms with Gasteiger partial charge in [-0.2, -0.15) is 10.2 Å². The highest BCUT2D eigenvalue weighted by molar-refractivity contribution is 9.09. The minimum absolute atomic E-state index is 0.718. The highest BCUT2D eigenvalue weighted by Gasteiger charge is 2.09. The van der Waals surface area contributed by atoms with E-state index in [0.29, 0.717) is 0 Å². The maximum Gasteiger partial charge on any atom is 0.0950 e. The van der Waals surface area contributed by atoms with Crippen molar-refractivity contribution in [3.8, 4) is 0 Å². The van der Waals surface area contributed by atoms with Gasteiger partial charge < -0.3 is 9.64 Å². The number of rotatable bonds is 7. The summed E-state index contributed by atoms with van der Waals surface area (Å²) in [5.74, 6) is 0. The molecule has 0 fully saturated rings. The molecule has 4 nitrogen and oxygen atoms in total. The Labute approximate surface area is 121 Å². The molecule has 0 aliphatic rings. The first-order valence-corrected chi connectivity index (χ1v) is 7.58. The van der Waals surface area contributed by atoms with Crippen LogP contribution in [0, 0.1) is 0 Å². The number of aromatic nitrogens is 2. The van der Waals surface area contributed by atoms with Gasteiger partial charge in [-0.15, -0.1) is 0 Å². The van der Waals surface area contributed by atoms with Crippen molar-refractivity contribution >= 4 is 32.5 Å². The van der Waals surface area contributed by atoms with Crippen molar-refractivity contribution in [1.82, 2.24) is 10.2 Å². The molecule has 0 N–H and O–H groups in total. The lowest BCUT2D eigenvalue weighted by Crippen LogP contribution is -2.27. The maximum absolute atomic E-state index is 5.52. The van der Waals surface area contributed by atoms with Gasteiger partial charge in [0.2, 0.25) is 0 Å². The topological polar surface area (TPSA) is 38.2 Å². The average molecular weight is 324 g/mol. The van der Waals surface area contributed by atoms with Crippen molar-refractivity contribution in [3.63, 3.8) is 0 Å². The fraction of sp³-hybridized carbons (Fsp3) is 0.429. The second kappa shape index (κ2) is 7.40. The van der Waals surface area contributed by atoms with E-state index in [2.05, 4.69) is 44.0 Å². The Hall–Kier alpha value is -1.20. The van der Waals surface area contributed by atoms with Crippen LogP contribution in [0.4, 0.5) is 5.69 Å². The summed E-state index contributed by atoms with van der Waals surface area (Å²) in [6.45, 7) is 5.38. The maximum atomic E-state index is 5.52. The third kappa shape index (κ3) is 3.64. The van der Waals surface area contributed by atoms with Gasteiger partial charge >= 0.3 is 0 Å². The number of benzene rings is 1. The third-order valence-electron chi connectivity index (χ3n) is 2.97. The monoisotopic (exact) mass is 323 g/mol. The van der Waals surface area contributed by atoms with Gasteiger partial charge in [-0.1, -0.05) is 34.1 Å². The predicted octanol–water partition coefficient (Wildman–Crippen LogP) is 2.87. The van der Waals surface area contributed by atoms with Crippen molar-refractivity contribution in [2.75, 3.05) is 36.5 Å². The highest BCUT2D eigenvalue weighted by Crippen LogP contribution is 2.23. The molecule has 19 heavy (non-hydrogen) atoms. The van der Waals surface area contributed by atoms with Crippen molar-refractivity contribution in [2.45, 2.75) is 6.92 Å². The third-order valence-corrected chi connectivity index (χ3v) is 3.30. The van der Waals surface area contributed by atoms with E-state index < -0.39 is 0 Å². The summed E-state index contributed by atoms with van der Waals surface area (Å²) in [5.41, 5.74) is 2.05. The van der Waals surface area contributed by atoms with E-state index >= 15 is 0 Å². The number of nitrogens with zero attached hydrogens (tertiary/aromatic N) is 3.